The first-order valence-corrected chi connectivity index (χ1v) is 11.2. The number of aryl methyl sites for hydroxylation is 3. The lowest BCUT2D eigenvalue weighted by Crippen LogP contribution is -2.28. The van der Waals surface area contributed by atoms with Gasteiger partial charge in [0.2, 0.25) is 0 Å². The van der Waals surface area contributed by atoms with Gasteiger partial charge in [-0.1, -0.05) is 25.4 Å². The van der Waals surface area contributed by atoms with Gasteiger partial charge in [0.05, 0.1) is 5.69 Å². The Hall–Kier alpha value is -3.33. The zero-order chi connectivity index (χ0) is 24.1. The average Bonchev–Trinajstić information content (AvgIpc) is 3.41. The van der Waals surface area contributed by atoms with Crippen molar-refractivity contribution in [3.05, 3.63) is 58.1 Å². The highest BCUT2D eigenvalue weighted by Crippen LogP contribution is 2.26. The van der Waals surface area contributed by atoms with Crippen molar-refractivity contribution in [1.82, 2.24) is 24.9 Å². The molecule has 0 saturated carbocycles. The molecule has 0 unspecified atom stereocenters. The van der Waals surface area contributed by atoms with Crippen molar-refractivity contribution < 1.29 is 14.3 Å². The van der Waals surface area contributed by atoms with Crippen LogP contribution in [0.1, 0.15) is 52.9 Å². The molecule has 1 aromatic carbocycles. The Labute approximate surface area is 198 Å². The first-order valence-electron chi connectivity index (χ1n) is 10.8. The van der Waals surface area contributed by atoms with Gasteiger partial charge in [0.25, 0.3) is 11.8 Å². The Bertz CT molecular complexity index is 1130. The van der Waals surface area contributed by atoms with Gasteiger partial charge in [-0.2, -0.15) is 10.2 Å². The molecule has 0 spiro atoms. The number of hydrogen-bond acceptors (Lipinski definition) is 5. The van der Waals surface area contributed by atoms with E-state index in [2.05, 4.69) is 20.8 Å². The summed E-state index contributed by atoms with van der Waals surface area (Å²) in [6.07, 6.45) is 3.28. The maximum atomic E-state index is 12.8. The maximum Gasteiger partial charge on any atom is 0.276 e. The van der Waals surface area contributed by atoms with Crippen molar-refractivity contribution in [2.75, 3.05) is 11.9 Å². The number of ether oxygens (including phenoxy) is 1. The Morgan fingerprint density at radius 2 is 1.82 bits per heavy atom. The Morgan fingerprint density at radius 1 is 1.12 bits per heavy atom. The molecule has 33 heavy (non-hydrogen) atoms. The predicted octanol–water partition coefficient (Wildman–Crippen LogP) is 4.04. The van der Waals surface area contributed by atoms with E-state index >= 15 is 0 Å². The predicted molar refractivity (Wildman–Crippen MR) is 127 cm³/mol. The molecule has 0 bridgehead atoms. The summed E-state index contributed by atoms with van der Waals surface area (Å²) in [6, 6.07) is 5.28. The molecule has 2 aromatic heterocycles. The molecule has 0 aliphatic heterocycles. The second-order valence-electron chi connectivity index (χ2n) is 8.19. The highest BCUT2D eigenvalue weighted by molar-refractivity contribution is 6.32. The largest absolute Gasteiger partial charge is 0.471 e. The van der Waals surface area contributed by atoms with Gasteiger partial charge in [-0.25, -0.2) is 4.68 Å². The summed E-state index contributed by atoms with van der Waals surface area (Å²) in [5.41, 5.74) is 2.55. The molecular formula is C23H29ClN6O3. The summed E-state index contributed by atoms with van der Waals surface area (Å²) >= 11 is 6.20. The Morgan fingerprint density at radius 3 is 2.45 bits per heavy atom. The number of benzene rings is 1. The summed E-state index contributed by atoms with van der Waals surface area (Å²) < 4.78 is 8.89. The molecule has 176 valence electrons. The molecule has 0 fully saturated rings. The van der Waals surface area contributed by atoms with Crippen LogP contribution in [0.2, 0.25) is 5.02 Å². The minimum absolute atomic E-state index is 0.129. The highest BCUT2D eigenvalue weighted by Gasteiger charge is 2.20. The van der Waals surface area contributed by atoms with E-state index < -0.39 is 5.91 Å². The van der Waals surface area contributed by atoms with Gasteiger partial charge < -0.3 is 15.4 Å². The molecule has 2 amide bonds. The van der Waals surface area contributed by atoms with Gasteiger partial charge in [-0.15, -0.1) is 0 Å². The number of rotatable bonds is 9. The molecule has 0 saturated heterocycles. The quantitative estimate of drug-likeness (QED) is 0.489. The zero-order valence-corrected chi connectivity index (χ0v) is 20.2. The zero-order valence-electron chi connectivity index (χ0n) is 19.5. The second-order valence-corrected chi connectivity index (χ2v) is 8.57. The van der Waals surface area contributed by atoms with Gasteiger partial charge in [-0.3, -0.25) is 14.3 Å². The van der Waals surface area contributed by atoms with Crippen LogP contribution in [0.5, 0.6) is 5.75 Å². The molecule has 0 radical (unpaired) electrons. The summed E-state index contributed by atoms with van der Waals surface area (Å²) in [7, 11) is 0. The number of aromatic nitrogens is 4. The summed E-state index contributed by atoms with van der Waals surface area (Å²) in [6.45, 7) is 10.9. The first-order chi connectivity index (χ1) is 15.7. The van der Waals surface area contributed by atoms with Crippen molar-refractivity contribution in [2.24, 2.45) is 5.92 Å². The van der Waals surface area contributed by atoms with Crippen LogP contribution in [0.25, 0.3) is 0 Å². The number of nitrogens with zero attached hydrogens (tertiary/aromatic N) is 4. The van der Waals surface area contributed by atoms with Crippen LogP contribution in [0.3, 0.4) is 0 Å². The van der Waals surface area contributed by atoms with Gasteiger partial charge in [0.1, 0.15) is 5.75 Å². The van der Waals surface area contributed by atoms with Gasteiger partial charge in [0, 0.05) is 30.5 Å². The minimum Gasteiger partial charge on any atom is -0.471 e. The Balaban J connectivity index is 1.67. The normalized spacial score (nSPS) is 11.0. The molecule has 3 aromatic rings. The lowest BCUT2D eigenvalue weighted by Gasteiger charge is -2.10. The van der Waals surface area contributed by atoms with Crippen LogP contribution < -0.4 is 15.4 Å². The molecule has 0 aliphatic rings. The molecular weight excluding hydrogens is 444 g/mol. The SMILES string of the molecule is CCn1cc(NC(=O)c2ccn(COc3cc(C)c(Cl)c(C)c3)n2)c(C(=O)NCC(C)C)n1. The van der Waals surface area contributed by atoms with Gasteiger partial charge in [0.15, 0.2) is 18.1 Å². The fraction of sp³-hybridized carbons (Fsp3) is 0.391. The van der Waals surface area contributed by atoms with E-state index in [1.807, 2.05) is 46.8 Å². The van der Waals surface area contributed by atoms with E-state index in [4.69, 9.17) is 16.3 Å². The Kier molecular flexibility index (Phi) is 7.75. The van der Waals surface area contributed by atoms with E-state index in [0.717, 1.165) is 11.1 Å². The number of carbonyl (C=O) groups is 2. The van der Waals surface area contributed by atoms with Crippen LogP contribution in [0.15, 0.2) is 30.6 Å². The fourth-order valence-electron chi connectivity index (χ4n) is 3.09. The lowest BCUT2D eigenvalue weighted by atomic mass is 10.1. The maximum absolute atomic E-state index is 12.8. The lowest BCUT2D eigenvalue weighted by molar-refractivity contribution is 0.0944. The molecule has 0 aliphatic carbocycles. The van der Waals surface area contributed by atoms with E-state index in [0.29, 0.717) is 35.5 Å². The van der Waals surface area contributed by atoms with Crippen molar-refractivity contribution in [1.29, 1.82) is 0 Å². The smallest absolute Gasteiger partial charge is 0.276 e. The second kappa shape index (κ2) is 10.5. The summed E-state index contributed by atoms with van der Waals surface area (Å²) in [5, 5.41) is 14.8. The number of hydrogen-bond donors (Lipinski definition) is 2. The van der Waals surface area contributed by atoms with Crippen LogP contribution in [-0.2, 0) is 13.3 Å². The molecule has 9 nitrogen and oxygen atoms in total. The molecule has 0 atom stereocenters. The van der Waals surface area contributed by atoms with Gasteiger partial charge >= 0.3 is 0 Å². The first kappa shape index (κ1) is 24.3. The van der Waals surface area contributed by atoms with Crippen molar-refractivity contribution in [2.45, 2.75) is 47.9 Å². The number of amides is 2. The number of nitrogens with one attached hydrogen (secondary N) is 2. The molecule has 2 heterocycles. The van der Waals surface area contributed by atoms with Crippen molar-refractivity contribution >= 4 is 29.1 Å². The van der Waals surface area contributed by atoms with E-state index in [1.165, 1.54) is 4.68 Å². The third-order valence-electron chi connectivity index (χ3n) is 4.87. The summed E-state index contributed by atoms with van der Waals surface area (Å²) in [5.74, 6) is 0.186. The fourth-order valence-corrected chi connectivity index (χ4v) is 3.20. The monoisotopic (exact) mass is 472 g/mol. The van der Waals surface area contributed by atoms with Crippen molar-refractivity contribution in [3.8, 4) is 5.75 Å². The topological polar surface area (TPSA) is 103 Å². The number of anilines is 1. The minimum atomic E-state index is -0.444. The van der Waals surface area contributed by atoms with Crippen LogP contribution in [-0.4, -0.2) is 37.9 Å². The van der Waals surface area contributed by atoms with Gasteiger partial charge in [-0.05, 0) is 56.0 Å². The third-order valence-corrected chi connectivity index (χ3v) is 5.46. The highest BCUT2D eigenvalue weighted by atomic mass is 35.5. The summed E-state index contributed by atoms with van der Waals surface area (Å²) in [4.78, 5) is 25.3. The molecule has 3 rings (SSSR count). The number of carbonyl (C=O) groups excluding carboxylic acids is 2. The van der Waals surface area contributed by atoms with E-state index in [-0.39, 0.29) is 24.0 Å². The molecule has 2 N–H and O–H groups in total. The third kappa shape index (κ3) is 6.13. The van der Waals surface area contributed by atoms with E-state index in [1.54, 1.807) is 23.1 Å². The number of halogens is 1. The standard InChI is InChI=1S/C23H29ClN6O3/c1-6-29-12-19(21(28-29)23(32)25-11-14(2)3)26-22(31)18-7-8-30(27-18)13-33-17-9-15(4)20(24)16(5)10-17/h7-10,12,14H,6,11,13H2,1-5H3,(H,25,32)(H,26,31). The van der Waals surface area contributed by atoms with Crippen LogP contribution in [0.4, 0.5) is 5.69 Å². The molecule has 10 heteroatoms. The van der Waals surface area contributed by atoms with Crippen LogP contribution >= 0.6 is 11.6 Å². The average molecular weight is 473 g/mol. The van der Waals surface area contributed by atoms with Crippen LogP contribution in [0, 0.1) is 19.8 Å². The van der Waals surface area contributed by atoms with E-state index in [9.17, 15) is 9.59 Å². The van der Waals surface area contributed by atoms with Crippen molar-refractivity contribution in [3.63, 3.8) is 0 Å².